The second-order valence-electron chi connectivity index (χ2n) is 1.81. The molecule has 0 amide bonds. The number of aromatic nitrogens is 4. The number of H-pyrrole nitrogens is 1. The minimum atomic E-state index is -0.317. The number of fused-ring (bicyclic) bond motifs is 1. The molecule has 6 heteroatoms. The van der Waals surface area contributed by atoms with Gasteiger partial charge in [0.2, 0.25) is 0 Å². The Balaban J connectivity index is 0.000000605. The predicted octanol–water partition coefficient (Wildman–Crippen LogP) is -3.57. The zero-order valence-electron chi connectivity index (χ0n) is 5.90. The molecule has 2 rings (SSSR count). The van der Waals surface area contributed by atoms with Crippen LogP contribution in [0.15, 0.2) is 12.5 Å². The summed E-state index contributed by atoms with van der Waals surface area (Å²) in [5.74, 6) is -0.317. The molecule has 0 atom stereocenters. The summed E-state index contributed by atoms with van der Waals surface area (Å²) in [6.45, 7) is 0. The molecule has 2 aromatic heterocycles. The second kappa shape index (κ2) is 3.17. The van der Waals surface area contributed by atoms with Gasteiger partial charge < -0.3 is 5.11 Å². The largest absolute Gasteiger partial charge is 1.00 e. The number of hydrogen-bond acceptors (Lipinski definition) is 4. The molecule has 0 aromatic carbocycles. The molecule has 0 saturated heterocycles. The first-order chi connectivity index (χ1) is 4.88. The van der Waals surface area contributed by atoms with Crippen LogP contribution in [-0.2, 0) is 0 Å². The second-order valence-corrected chi connectivity index (χ2v) is 1.81. The van der Waals surface area contributed by atoms with E-state index in [0.717, 1.165) is 0 Å². The van der Waals surface area contributed by atoms with Crippen molar-refractivity contribution in [1.82, 2.24) is 20.2 Å². The summed E-state index contributed by atoms with van der Waals surface area (Å²) in [7, 11) is 0. The zero-order chi connectivity index (χ0) is 6.97. The molecule has 11 heavy (non-hydrogen) atoms. The van der Waals surface area contributed by atoms with Crippen molar-refractivity contribution in [3.05, 3.63) is 12.5 Å². The van der Waals surface area contributed by atoms with E-state index in [1.165, 1.54) is 12.5 Å². The third kappa shape index (κ3) is 1.35. The van der Waals surface area contributed by atoms with Gasteiger partial charge in [0.05, 0.1) is 11.7 Å². The number of rotatable bonds is 0. The van der Waals surface area contributed by atoms with E-state index in [9.17, 15) is 5.11 Å². The molecule has 0 aliphatic heterocycles. The molecule has 0 spiro atoms. The van der Waals surface area contributed by atoms with Gasteiger partial charge in [-0.3, -0.25) is 10.1 Å². The number of aromatic amines is 1. The van der Waals surface area contributed by atoms with Gasteiger partial charge in [0, 0.05) is 5.88 Å². The number of nitrogens with one attached hydrogen (secondary N) is 1. The SMILES string of the molecule is [Na+].[O-]c1ncnc2cn[nH]c12. The number of nitrogens with zero attached hydrogens (tertiary/aromatic N) is 3. The number of hydrogen-bond donors (Lipinski definition) is 1. The van der Waals surface area contributed by atoms with Crippen molar-refractivity contribution >= 4 is 11.0 Å². The van der Waals surface area contributed by atoms with Gasteiger partial charge in [0.25, 0.3) is 0 Å². The van der Waals surface area contributed by atoms with Gasteiger partial charge in [-0.1, -0.05) is 0 Å². The fourth-order valence-electron chi connectivity index (χ4n) is 0.743. The smallest absolute Gasteiger partial charge is 0.857 e. The van der Waals surface area contributed by atoms with Crippen molar-refractivity contribution in [2.45, 2.75) is 0 Å². The first-order valence-electron chi connectivity index (χ1n) is 2.69. The van der Waals surface area contributed by atoms with Gasteiger partial charge in [-0.2, -0.15) is 5.10 Å². The Bertz CT molecular complexity index is 360. The maximum Gasteiger partial charge on any atom is 1.00 e. The molecule has 0 bridgehead atoms. The van der Waals surface area contributed by atoms with Gasteiger partial charge in [-0.05, 0) is 0 Å². The van der Waals surface area contributed by atoms with E-state index in [0.29, 0.717) is 11.0 Å². The van der Waals surface area contributed by atoms with Crippen LogP contribution in [0.1, 0.15) is 0 Å². The Morgan fingerprint density at radius 3 is 2.91 bits per heavy atom. The van der Waals surface area contributed by atoms with E-state index in [-0.39, 0.29) is 35.4 Å². The normalized spacial score (nSPS) is 9.45. The Morgan fingerprint density at radius 1 is 1.36 bits per heavy atom. The summed E-state index contributed by atoms with van der Waals surface area (Å²) in [4.78, 5) is 7.24. The molecule has 50 valence electrons. The Hall–Kier alpha value is -0.650. The molecule has 5 nitrogen and oxygen atoms in total. The Kier molecular flexibility index (Phi) is 2.43. The summed E-state index contributed by atoms with van der Waals surface area (Å²) in [6, 6.07) is 0. The average Bonchev–Trinajstić information content (AvgIpc) is 2.36. The average molecular weight is 158 g/mol. The monoisotopic (exact) mass is 158 g/mol. The fraction of sp³-hybridized carbons (Fsp3) is 0. The van der Waals surface area contributed by atoms with E-state index in [1.807, 2.05) is 0 Å². The van der Waals surface area contributed by atoms with Crippen LogP contribution in [0.25, 0.3) is 11.0 Å². The first kappa shape index (κ1) is 8.45. The van der Waals surface area contributed by atoms with Crippen molar-refractivity contribution in [2.24, 2.45) is 0 Å². The van der Waals surface area contributed by atoms with Crippen LogP contribution in [0.5, 0.6) is 5.88 Å². The minimum absolute atomic E-state index is 0. The van der Waals surface area contributed by atoms with Crippen molar-refractivity contribution < 1.29 is 34.7 Å². The van der Waals surface area contributed by atoms with E-state index >= 15 is 0 Å². The summed E-state index contributed by atoms with van der Waals surface area (Å²) < 4.78 is 0. The summed E-state index contributed by atoms with van der Waals surface area (Å²) in [6.07, 6.45) is 2.71. The summed E-state index contributed by atoms with van der Waals surface area (Å²) in [5, 5.41) is 17.0. The molecular weight excluding hydrogens is 155 g/mol. The summed E-state index contributed by atoms with van der Waals surface area (Å²) >= 11 is 0. The summed E-state index contributed by atoms with van der Waals surface area (Å²) in [5.41, 5.74) is 0.919. The molecule has 0 aliphatic rings. The van der Waals surface area contributed by atoms with Gasteiger partial charge in [0.1, 0.15) is 11.8 Å². The van der Waals surface area contributed by atoms with Crippen LogP contribution in [-0.4, -0.2) is 20.2 Å². The van der Waals surface area contributed by atoms with E-state index < -0.39 is 0 Å². The Labute approximate surface area is 84.2 Å². The molecule has 1 N–H and O–H groups in total. The third-order valence-electron chi connectivity index (χ3n) is 1.21. The van der Waals surface area contributed by atoms with Gasteiger partial charge in [0.15, 0.2) is 0 Å². The minimum Gasteiger partial charge on any atom is -0.857 e. The third-order valence-corrected chi connectivity index (χ3v) is 1.21. The first-order valence-corrected chi connectivity index (χ1v) is 2.69. The van der Waals surface area contributed by atoms with Crippen LogP contribution in [0.3, 0.4) is 0 Å². The van der Waals surface area contributed by atoms with E-state index in [1.54, 1.807) is 0 Å². The van der Waals surface area contributed by atoms with Crippen LogP contribution >= 0.6 is 0 Å². The topological polar surface area (TPSA) is 77.5 Å². The van der Waals surface area contributed by atoms with Crippen molar-refractivity contribution in [2.75, 3.05) is 0 Å². The molecular formula is C5H3N4NaO. The zero-order valence-corrected chi connectivity index (χ0v) is 7.90. The van der Waals surface area contributed by atoms with Crippen LogP contribution in [0, 0.1) is 0 Å². The van der Waals surface area contributed by atoms with E-state index in [2.05, 4.69) is 20.2 Å². The molecule has 0 fully saturated rings. The maximum atomic E-state index is 10.8. The van der Waals surface area contributed by atoms with Crippen molar-refractivity contribution in [3.63, 3.8) is 0 Å². The van der Waals surface area contributed by atoms with Crippen LogP contribution in [0.4, 0.5) is 0 Å². The van der Waals surface area contributed by atoms with Crippen LogP contribution < -0.4 is 34.7 Å². The maximum absolute atomic E-state index is 10.8. The van der Waals surface area contributed by atoms with Crippen LogP contribution in [0.2, 0.25) is 0 Å². The van der Waals surface area contributed by atoms with Gasteiger partial charge in [-0.25, -0.2) is 4.98 Å². The van der Waals surface area contributed by atoms with Gasteiger partial charge >= 0.3 is 29.6 Å². The molecule has 0 saturated carbocycles. The molecule has 2 heterocycles. The molecule has 0 aliphatic carbocycles. The predicted molar refractivity (Wildman–Crippen MR) is 31.1 cm³/mol. The van der Waals surface area contributed by atoms with Crippen molar-refractivity contribution in [3.8, 4) is 5.88 Å². The molecule has 0 unspecified atom stereocenters. The molecule has 0 radical (unpaired) electrons. The quantitative estimate of drug-likeness (QED) is 0.402. The van der Waals surface area contributed by atoms with Crippen molar-refractivity contribution in [1.29, 1.82) is 0 Å². The fourth-order valence-corrected chi connectivity index (χ4v) is 0.743. The van der Waals surface area contributed by atoms with E-state index in [4.69, 9.17) is 0 Å². The standard InChI is InChI=1S/C5H4N4O.Na/c10-5-4-3(1-8-9-4)6-2-7-5;/h1-2H,(H,8,9)(H,6,7,10);/q;+1/p-1. The van der Waals surface area contributed by atoms with Gasteiger partial charge in [-0.15, -0.1) is 0 Å². The Morgan fingerprint density at radius 2 is 2.18 bits per heavy atom. The molecule has 2 aromatic rings.